The van der Waals surface area contributed by atoms with Gasteiger partial charge < -0.3 is 15.2 Å². The van der Waals surface area contributed by atoms with Gasteiger partial charge in [-0.15, -0.1) is 0 Å². The summed E-state index contributed by atoms with van der Waals surface area (Å²) in [5, 5.41) is 11.6. The molecule has 1 amide bonds. The van der Waals surface area contributed by atoms with E-state index in [0.717, 1.165) is 19.3 Å². The highest BCUT2D eigenvalue weighted by molar-refractivity contribution is 5.93. The van der Waals surface area contributed by atoms with Crippen molar-refractivity contribution >= 4 is 11.9 Å². The number of hydrogen-bond donors (Lipinski definition) is 2. The maximum Gasteiger partial charge on any atom is 0.337 e. The van der Waals surface area contributed by atoms with Crippen molar-refractivity contribution < 1.29 is 19.4 Å². The van der Waals surface area contributed by atoms with E-state index in [1.807, 2.05) is 0 Å². The molecule has 1 aromatic heterocycles. The summed E-state index contributed by atoms with van der Waals surface area (Å²) in [5.74, 6) is -1.36. The Morgan fingerprint density at radius 3 is 2.79 bits per heavy atom. The molecule has 6 nitrogen and oxygen atoms in total. The highest BCUT2D eigenvalue weighted by Crippen LogP contribution is 2.21. The van der Waals surface area contributed by atoms with Gasteiger partial charge in [-0.25, -0.2) is 4.79 Å². The lowest BCUT2D eigenvalue weighted by atomic mass is 10.2. The molecule has 0 aromatic carbocycles. The van der Waals surface area contributed by atoms with Crippen molar-refractivity contribution in [3.8, 4) is 0 Å². The molecule has 0 bridgehead atoms. The molecular formula is C13H16N2O4. The molecule has 2 unspecified atom stereocenters. The summed E-state index contributed by atoms with van der Waals surface area (Å²) in [4.78, 5) is 26.5. The number of amides is 1. The first-order valence-electron chi connectivity index (χ1n) is 6.15. The van der Waals surface area contributed by atoms with Crippen molar-refractivity contribution in [2.75, 3.05) is 7.11 Å². The Labute approximate surface area is 110 Å². The normalized spacial score (nSPS) is 22.2. The first kappa shape index (κ1) is 13.5. The average Bonchev–Trinajstić information content (AvgIpc) is 2.86. The minimum absolute atomic E-state index is 0.00143. The number of carbonyl (C=O) groups excluding carboxylic acids is 1. The molecule has 1 heterocycles. The van der Waals surface area contributed by atoms with Gasteiger partial charge in [0, 0.05) is 13.3 Å². The molecule has 1 fully saturated rings. The Morgan fingerprint density at radius 2 is 2.21 bits per heavy atom. The molecule has 0 radical (unpaired) electrons. The Kier molecular flexibility index (Phi) is 4.11. The molecule has 0 aliphatic heterocycles. The van der Waals surface area contributed by atoms with E-state index >= 15 is 0 Å². The molecule has 1 aliphatic rings. The number of methoxy groups -OCH3 is 1. The van der Waals surface area contributed by atoms with Crippen LogP contribution in [0.4, 0.5) is 0 Å². The summed E-state index contributed by atoms with van der Waals surface area (Å²) in [6, 6.07) is 2.78. The van der Waals surface area contributed by atoms with E-state index in [4.69, 9.17) is 9.84 Å². The monoisotopic (exact) mass is 264 g/mol. The van der Waals surface area contributed by atoms with Gasteiger partial charge in [-0.1, -0.05) is 0 Å². The van der Waals surface area contributed by atoms with Crippen molar-refractivity contribution in [1.29, 1.82) is 0 Å². The maximum atomic E-state index is 12.0. The summed E-state index contributed by atoms with van der Waals surface area (Å²) in [6.45, 7) is 0. The summed E-state index contributed by atoms with van der Waals surface area (Å²) in [5.41, 5.74) is 0.277. The van der Waals surface area contributed by atoms with Crippen LogP contribution in [0.1, 0.15) is 40.1 Å². The quantitative estimate of drug-likeness (QED) is 0.849. The number of carbonyl (C=O) groups is 2. The lowest BCUT2D eigenvalue weighted by Gasteiger charge is -2.19. The maximum absolute atomic E-state index is 12.0. The Hall–Kier alpha value is -1.95. The lowest BCUT2D eigenvalue weighted by Crippen LogP contribution is -2.41. The fourth-order valence-electron chi connectivity index (χ4n) is 2.27. The number of nitrogens with zero attached hydrogens (tertiary/aromatic N) is 1. The second-order valence-corrected chi connectivity index (χ2v) is 4.52. The van der Waals surface area contributed by atoms with E-state index in [-0.39, 0.29) is 29.3 Å². The van der Waals surface area contributed by atoms with E-state index in [0.29, 0.717) is 0 Å². The predicted molar refractivity (Wildman–Crippen MR) is 67.1 cm³/mol. The minimum atomic E-state index is -1.06. The molecule has 0 spiro atoms. The molecular weight excluding hydrogens is 248 g/mol. The van der Waals surface area contributed by atoms with Crippen LogP contribution in [0.15, 0.2) is 18.3 Å². The molecule has 2 atom stereocenters. The number of rotatable bonds is 4. The predicted octanol–water partition coefficient (Wildman–Crippen LogP) is 1.08. The molecule has 2 rings (SSSR count). The molecule has 6 heteroatoms. The third-order valence-electron chi connectivity index (χ3n) is 3.31. The van der Waals surface area contributed by atoms with Crippen LogP contribution in [0.5, 0.6) is 0 Å². The molecule has 2 N–H and O–H groups in total. The number of pyridine rings is 1. The molecule has 1 saturated carbocycles. The zero-order valence-corrected chi connectivity index (χ0v) is 10.6. The van der Waals surface area contributed by atoms with E-state index in [1.165, 1.54) is 18.3 Å². The molecule has 102 valence electrons. The average molecular weight is 264 g/mol. The van der Waals surface area contributed by atoms with E-state index in [2.05, 4.69) is 10.3 Å². The van der Waals surface area contributed by atoms with Crippen LogP contribution >= 0.6 is 0 Å². The molecule has 1 aromatic rings. The topological polar surface area (TPSA) is 88.5 Å². The van der Waals surface area contributed by atoms with Gasteiger partial charge in [-0.3, -0.25) is 9.78 Å². The largest absolute Gasteiger partial charge is 0.478 e. The standard InChI is InChI=1S/C13H16N2O4/c1-19-11-4-2-3-9(11)15-12(16)10-6-5-8(7-14-10)13(17)18/h5-7,9,11H,2-4H2,1H3,(H,15,16)(H,17,18). The van der Waals surface area contributed by atoms with Gasteiger partial charge in [0.05, 0.1) is 17.7 Å². The number of carboxylic acids is 1. The Balaban J connectivity index is 2.01. The van der Waals surface area contributed by atoms with Gasteiger partial charge in [-0.05, 0) is 31.4 Å². The summed E-state index contributed by atoms with van der Waals surface area (Å²) in [6.07, 6.45) is 4.07. The molecule has 19 heavy (non-hydrogen) atoms. The number of aromatic nitrogens is 1. The van der Waals surface area contributed by atoms with Gasteiger partial charge >= 0.3 is 5.97 Å². The van der Waals surface area contributed by atoms with Gasteiger partial charge in [0.15, 0.2) is 0 Å². The van der Waals surface area contributed by atoms with Gasteiger partial charge in [-0.2, -0.15) is 0 Å². The first-order valence-corrected chi connectivity index (χ1v) is 6.15. The fourth-order valence-corrected chi connectivity index (χ4v) is 2.27. The molecule has 0 saturated heterocycles. The van der Waals surface area contributed by atoms with E-state index < -0.39 is 5.97 Å². The highest BCUT2D eigenvalue weighted by Gasteiger charge is 2.28. The van der Waals surface area contributed by atoms with Crippen LogP contribution in [0.2, 0.25) is 0 Å². The van der Waals surface area contributed by atoms with E-state index in [9.17, 15) is 9.59 Å². The van der Waals surface area contributed by atoms with Crippen LogP contribution in [-0.2, 0) is 4.74 Å². The second kappa shape index (κ2) is 5.79. The van der Waals surface area contributed by atoms with Gasteiger partial charge in [0.2, 0.25) is 0 Å². The Bertz CT molecular complexity index is 472. The number of aromatic carboxylic acids is 1. The van der Waals surface area contributed by atoms with Crippen molar-refractivity contribution in [2.24, 2.45) is 0 Å². The summed E-state index contributed by atoms with van der Waals surface area (Å²) in [7, 11) is 1.63. The van der Waals surface area contributed by atoms with Crippen molar-refractivity contribution in [3.63, 3.8) is 0 Å². The van der Waals surface area contributed by atoms with Crippen molar-refractivity contribution in [3.05, 3.63) is 29.6 Å². The smallest absolute Gasteiger partial charge is 0.337 e. The van der Waals surface area contributed by atoms with Crippen LogP contribution in [-0.4, -0.2) is 41.2 Å². The Morgan fingerprint density at radius 1 is 1.42 bits per heavy atom. The van der Waals surface area contributed by atoms with Crippen LogP contribution < -0.4 is 5.32 Å². The van der Waals surface area contributed by atoms with E-state index in [1.54, 1.807) is 7.11 Å². The van der Waals surface area contributed by atoms with Crippen LogP contribution in [0.25, 0.3) is 0 Å². The third kappa shape index (κ3) is 3.08. The second-order valence-electron chi connectivity index (χ2n) is 4.52. The molecule has 1 aliphatic carbocycles. The number of carboxylic acid groups (broad SMARTS) is 1. The van der Waals surface area contributed by atoms with Crippen molar-refractivity contribution in [2.45, 2.75) is 31.4 Å². The van der Waals surface area contributed by atoms with Crippen molar-refractivity contribution in [1.82, 2.24) is 10.3 Å². The fraction of sp³-hybridized carbons (Fsp3) is 0.462. The third-order valence-corrected chi connectivity index (χ3v) is 3.31. The van der Waals surface area contributed by atoms with Crippen LogP contribution in [0, 0.1) is 0 Å². The SMILES string of the molecule is COC1CCCC1NC(=O)c1ccc(C(=O)O)cn1. The minimum Gasteiger partial charge on any atom is -0.478 e. The zero-order valence-electron chi connectivity index (χ0n) is 10.6. The number of hydrogen-bond acceptors (Lipinski definition) is 4. The van der Waals surface area contributed by atoms with Gasteiger partial charge in [0.1, 0.15) is 5.69 Å². The van der Waals surface area contributed by atoms with Crippen LogP contribution in [0.3, 0.4) is 0 Å². The van der Waals surface area contributed by atoms with Gasteiger partial charge in [0.25, 0.3) is 5.91 Å². The highest BCUT2D eigenvalue weighted by atomic mass is 16.5. The summed E-state index contributed by atoms with van der Waals surface area (Å²) >= 11 is 0. The lowest BCUT2D eigenvalue weighted by molar-refractivity contribution is 0.0693. The number of ether oxygens (including phenoxy) is 1. The number of nitrogens with one attached hydrogen (secondary N) is 1. The summed E-state index contributed by atoms with van der Waals surface area (Å²) < 4.78 is 5.30. The first-order chi connectivity index (χ1) is 9.11. The zero-order chi connectivity index (χ0) is 13.8.